The molecule has 2 nitrogen and oxygen atoms in total. The molecule has 2 aromatic rings. The molecule has 2 aromatic carbocycles. The zero-order valence-corrected chi connectivity index (χ0v) is 12.9. The number of aryl methyl sites for hydroxylation is 1. The number of aliphatic hydroxyl groups excluding tert-OH is 1. The number of halogens is 1. The molecule has 0 aliphatic carbocycles. The van der Waals surface area contributed by atoms with Crippen LogP contribution in [0.1, 0.15) is 37.5 Å². The van der Waals surface area contributed by atoms with E-state index in [1.165, 1.54) is 12.1 Å². The van der Waals surface area contributed by atoms with Gasteiger partial charge < -0.3 is 9.84 Å². The van der Waals surface area contributed by atoms with Crippen LogP contribution in [-0.4, -0.2) is 5.11 Å². The van der Waals surface area contributed by atoms with Crippen LogP contribution in [0.15, 0.2) is 36.4 Å². The summed E-state index contributed by atoms with van der Waals surface area (Å²) in [5, 5.41) is 9.15. The summed E-state index contributed by atoms with van der Waals surface area (Å²) in [6, 6.07) is 10.2. The van der Waals surface area contributed by atoms with E-state index in [0.29, 0.717) is 17.1 Å². The van der Waals surface area contributed by atoms with Crippen LogP contribution in [0.5, 0.6) is 11.5 Å². The second-order valence-corrected chi connectivity index (χ2v) is 6.30. The zero-order valence-electron chi connectivity index (χ0n) is 12.9. The Labute approximate surface area is 125 Å². The minimum atomic E-state index is -0.416. The molecule has 0 heterocycles. The van der Waals surface area contributed by atoms with E-state index in [1.54, 1.807) is 6.07 Å². The molecule has 0 bridgehead atoms. The highest BCUT2D eigenvalue weighted by Crippen LogP contribution is 2.35. The third-order valence-corrected chi connectivity index (χ3v) is 3.28. The standard InChI is InChI=1S/C18H21FO2/c1-12-5-6-17(16(7-12)18(2,3)4)21-15-9-13(11-20)8-14(19)10-15/h5-10,20H,11H2,1-4H3. The maximum absolute atomic E-state index is 13.5. The van der Waals surface area contributed by atoms with E-state index in [4.69, 9.17) is 9.84 Å². The lowest BCUT2D eigenvalue weighted by Crippen LogP contribution is -2.12. The summed E-state index contributed by atoms with van der Waals surface area (Å²) in [5.74, 6) is 0.692. The van der Waals surface area contributed by atoms with E-state index in [0.717, 1.165) is 11.1 Å². The minimum Gasteiger partial charge on any atom is -0.457 e. The van der Waals surface area contributed by atoms with E-state index in [-0.39, 0.29) is 12.0 Å². The fourth-order valence-corrected chi connectivity index (χ4v) is 2.22. The molecule has 112 valence electrons. The quantitative estimate of drug-likeness (QED) is 0.885. The van der Waals surface area contributed by atoms with Crippen LogP contribution in [0.25, 0.3) is 0 Å². The summed E-state index contributed by atoms with van der Waals surface area (Å²) in [7, 11) is 0. The van der Waals surface area contributed by atoms with Gasteiger partial charge in [-0.15, -0.1) is 0 Å². The highest BCUT2D eigenvalue weighted by Gasteiger charge is 2.19. The van der Waals surface area contributed by atoms with Gasteiger partial charge in [-0.05, 0) is 36.1 Å². The second-order valence-electron chi connectivity index (χ2n) is 6.30. The molecule has 0 saturated heterocycles. The van der Waals surface area contributed by atoms with E-state index in [2.05, 4.69) is 26.8 Å². The molecule has 0 aliphatic rings. The molecule has 0 aromatic heterocycles. The lowest BCUT2D eigenvalue weighted by atomic mass is 9.85. The fraction of sp³-hybridized carbons (Fsp3) is 0.333. The van der Waals surface area contributed by atoms with Crippen molar-refractivity contribution in [3.8, 4) is 11.5 Å². The summed E-state index contributed by atoms with van der Waals surface area (Å²) in [4.78, 5) is 0. The molecule has 1 N–H and O–H groups in total. The van der Waals surface area contributed by atoms with Gasteiger partial charge in [-0.3, -0.25) is 0 Å². The molecule has 2 rings (SSSR count). The van der Waals surface area contributed by atoms with Crippen molar-refractivity contribution in [3.63, 3.8) is 0 Å². The number of hydrogen-bond acceptors (Lipinski definition) is 2. The largest absolute Gasteiger partial charge is 0.457 e. The van der Waals surface area contributed by atoms with E-state index in [9.17, 15) is 4.39 Å². The van der Waals surface area contributed by atoms with Gasteiger partial charge >= 0.3 is 0 Å². The number of aliphatic hydroxyl groups is 1. The van der Waals surface area contributed by atoms with Crippen molar-refractivity contribution >= 4 is 0 Å². The third-order valence-electron chi connectivity index (χ3n) is 3.28. The van der Waals surface area contributed by atoms with Crippen molar-refractivity contribution in [3.05, 3.63) is 58.9 Å². The van der Waals surface area contributed by atoms with Crippen LogP contribution < -0.4 is 4.74 Å². The molecule has 0 amide bonds. The van der Waals surface area contributed by atoms with Crippen molar-refractivity contribution < 1.29 is 14.2 Å². The van der Waals surface area contributed by atoms with Gasteiger partial charge in [-0.25, -0.2) is 4.39 Å². The fourth-order valence-electron chi connectivity index (χ4n) is 2.22. The third kappa shape index (κ3) is 3.82. The van der Waals surface area contributed by atoms with E-state index < -0.39 is 5.82 Å². The van der Waals surface area contributed by atoms with Crippen molar-refractivity contribution in [2.45, 2.75) is 39.7 Å². The molecule has 0 saturated carbocycles. The molecule has 0 radical (unpaired) electrons. The zero-order chi connectivity index (χ0) is 15.6. The first-order valence-electron chi connectivity index (χ1n) is 6.99. The van der Waals surface area contributed by atoms with Crippen molar-refractivity contribution in [2.24, 2.45) is 0 Å². The van der Waals surface area contributed by atoms with Gasteiger partial charge in [0.05, 0.1) is 6.61 Å². The topological polar surface area (TPSA) is 29.5 Å². The van der Waals surface area contributed by atoms with Gasteiger partial charge in [0.2, 0.25) is 0 Å². The van der Waals surface area contributed by atoms with Gasteiger partial charge in [-0.2, -0.15) is 0 Å². The van der Waals surface area contributed by atoms with Gasteiger partial charge in [0.15, 0.2) is 0 Å². The number of ether oxygens (including phenoxy) is 1. The smallest absolute Gasteiger partial charge is 0.131 e. The van der Waals surface area contributed by atoms with Crippen LogP contribution in [0, 0.1) is 12.7 Å². The van der Waals surface area contributed by atoms with Crippen LogP contribution in [0.2, 0.25) is 0 Å². The maximum Gasteiger partial charge on any atom is 0.131 e. The Kier molecular flexibility index (Phi) is 4.33. The maximum atomic E-state index is 13.5. The van der Waals surface area contributed by atoms with Crippen LogP contribution in [0.4, 0.5) is 4.39 Å². The normalized spacial score (nSPS) is 11.5. The average molecular weight is 288 g/mol. The van der Waals surface area contributed by atoms with Gasteiger partial charge in [0.25, 0.3) is 0 Å². The summed E-state index contributed by atoms with van der Waals surface area (Å²) < 4.78 is 19.4. The first-order valence-corrected chi connectivity index (χ1v) is 6.99. The monoisotopic (exact) mass is 288 g/mol. The van der Waals surface area contributed by atoms with Gasteiger partial charge in [0, 0.05) is 11.6 Å². The second kappa shape index (κ2) is 5.86. The first kappa shape index (κ1) is 15.5. The molecule has 0 spiro atoms. The van der Waals surface area contributed by atoms with Crippen LogP contribution in [0.3, 0.4) is 0 Å². The minimum absolute atomic E-state index is 0.0749. The summed E-state index contributed by atoms with van der Waals surface area (Å²) in [6.45, 7) is 8.15. The summed E-state index contributed by atoms with van der Waals surface area (Å²) >= 11 is 0. The Balaban J connectivity index is 2.42. The number of benzene rings is 2. The van der Waals surface area contributed by atoms with Crippen LogP contribution in [-0.2, 0) is 12.0 Å². The van der Waals surface area contributed by atoms with Crippen molar-refractivity contribution in [2.75, 3.05) is 0 Å². The Morgan fingerprint density at radius 1 is 1.10 bits per heavy atom. The number of rotatable bonds is 3. The molecular weight excluding hydrogens is 267 g/mol. The molecule has 0 atom stereocenters. The molecule has 21 heavy (non-hydrogen) atoms. The summed E-state index contributed by atoms with van der Waals surface area (Å²) in [6.07, 6.45) is 0. The Morgan fingerprint density at radius 3 is 2.43 bits per heavy atom. The SMILES string of the molecule is Cc1ccc(Oc2cc(F)cc(CO)c2)c(C(C)(C)C)c1. The lowest BCUT2D eigenvalue weighted by Gasteiger charge is -2.23. The molecular formula is C18H21FO2. The molecule has 0 aliphatic heterocycles. The van der Waals surface area contributed by atoms with Crippen LogP contribution >= 0.6 is 0 Å². The molecule has 0 fully saturated rings. The van der Waals surface area contributed by atoms with Gasteiger partial charge in [-0.1, -0.05) is 38.5 Å². The van der Waals surface area contributed by atoms with E-state index >= 15 is 0 Å². The van der Waals surface area contributed by atoms with Crippen molar-refractivity contribution in [1.29, 1.82) is 0 Å². The van der Waals surface area contributed by atoms with Crippen molar-refractivity contribution in [1.82, 2.24) is 0 Å². The first-order chi connectivity index (χ1) is 9.79. The highest BCUT2D eigenvalue weighted by atomic mass is 19.1. The summed E-state index contributed by atoms with van der Waals surface area (Å²) in [5.41, 5.74) is 2.64. The predicted octanol–water partition coefficient (Wildman–Crippen LogP) is 4.72. The van der Waals surface area contributed by atoms with E-state index in [1.807, 2.05) is 19.1 Å². The highest BCUT2D eigenvalue weighted by molar-refractivity contribution is 5.44. The molecule has 3 heteroatoms. The number of hydrogen-bond donors (Lipinski definition) is 1. The average Bonchev–Trinajstić information content (AvgIpc) is 2.39. The molecule has 0 unspecified atom stereocenters. The van der Waals surface area contributed by atoms with Gasteiger partial charge in [0.1, 0.15) is 17.3 Å². The predicted molar refractivity (Wildman–Crippen MR) is 82.3 cm³/mol. The Morgan fingerprint density at radius 2 is 1.81 bits per heavy atom. The lowest BCUT2D eigenvalue weighted by molar-refractivity contribution is 0.280. The Bertz CT molecular complexity index is 642. The Hall–Kier alpha value is -1.87.